The zero-order valence-electron chi connectivity index (χ0n) is 19.1. The first-order valence-electron chi connectivity index (χ1n) is 11.6. The Hall–Kier alpha value is -2.68. The lowest BCUT2D eigenvalue weighted by Gasteiger charge is -2.38. The maximum absolute atomic E-state index is 14.1. The van der Waals surface area contributed by atoms with Crippen molar-refractivity contribution in [3.63, 3.8) is 0 Å². The number of fused-ring (bicyclic) bond motifs is 2. The number of hydrogen-bond donors (Lipinski definition) is 1. The van der Waals surface area contributed by atoms with Crippen LogP contribution in [0, 0.1) is 11.8 Å². The van der Waals surface area contributed by atoms with Crippen LogP contribution in [0.3, 0.4) is 0 Å². The van der Waals surface area contributed by atoms with Crippen LogP contribution in [-0.2, 0) is 19.1 Å². The van der Waals surface area contributed by atoms with Gasteiger partial charge in [-0.05, 0) is 30.7 Å². The summed E-state index contributed by atoms with van der Waals surface area (Å²) in [5.41, 5.74) is -0.655. The van der Waals surface area contributed by atoms with Crippen LogP contribution in [0.2, 0.25) is 5.02 Å². The van der Waals surface area contributed by atoms with Crippen molar-refractivity contribution < 1.29 is 24.2 Å². The second-order valence-corrected chi connectivity index (χ2v) is 9.74. The number of carbonyl (C=O) groups is 3. The van der Waals surface area contributed by atoms with Crippen LogP contribution in [0.5, 0.6) is 0 Å². The van der Waals surface area contributed by atoms with Crippen LogP contribution in [-0.4, -0.2) is 83.2 Å². The molecule has 1 aromatic carbocycles. The molecule has 4 aliphatic rings. The molecule has 1 spiro atoms. The van der Waals surface area contributed by atoms with Gasteiger partial charge in [-0.1, -0.05) is 42.8 Å². The molecule has 9 heteroatoms. The molecule has 4 aliphatic heterocycles. The van der Waals surface area contributed by atoms with Crippen molar-refractivity contribution in [2.75, 3.05) is 31.6 Å². The number of rotatable bonds is 4. The van der Waals surface area contributed by atoms with Gasteiger partial charge in [0.05, 0.1) is 30.6 Å². The lowest BCUT2D eigenvalue weighted by atomic mass is 9.77. The zero-order valence-corrected chi connectivity index (χ0v) is 19.9. The number of benzene rings is 1. The van der Waals surface area contributed by atoms with Crippen molar-refractivity contribution >= 4 is 35.0 Å². The Balaban J connectivity index is 1.65. The summed E-state index contributed by atoms with van der Waals surface area (Å²) in [7, 11) is 1.70. The summed E-state index contributed by atoms with van der Waals surface area (Å²) < 4.78 is 6.54. The van der Waals surface area contributed by atoms with Crippen LogP contribution in [0.15, 0.2) is 48.6 Å². The molecule has 0 saturated carbocycles. The van der Waals surface area contributed by atoms with Gasteiger partial charge in [-0.25, -0.2) is 0 Å². The molecular formula is C25H28ClN3O5. The summed E-state index contributed by atoms with van der Waals surface area (Å²) >= 11 is 6.05. The highest BCUT2D eigenvalue weighted by Crippen LogP contribution is 2.54. The Morgan fingerprint density at radius 1 is 1.12 bits per heavy atom. The summed E-state index contributed by atoms with van der Waals surface area (Å²) in [4.78, 5) is 46.1. The smallest absolute Gasteiger partial charge is 0.253 e. The molecule has 8 nitrogen and oxygen atoms in total. The highest BCUT2D eigenvalue weighted by atomic mass is 35.5. The normalized spacial score (nSPS) is 33.5. The van der Waals surface area contributed by atoms with E-state index in [-0.39, 0.29) is 30.9 Å². The molecule has 2 saturated heterocycles. The molecule has 0 radical (unpaired) electrons. The Labute approximate surface area is 203 Å². The van der Waals surface area contributed by atoms with Crippen molar-refractivity contribution in [3.8, 4) is 0 Å². The van der Waals surface area contributed by atoms with E-state index in [1.165, 1.54) is 4.90 Å². The molecule has 180 valence electrons. The molecule has 0 aliphatic carbocycles. The number of ether oxygens (including phenoxy) is 1. The molecule has 0 bridgehead atoms. The van der Waals surface area contributed by atoms with Gasteiger partial charge in [-0.3, -0.25) is 14.4 Å². The number of likely N-dealkylation sites (tertiary alicyclic amines) is 1. The first-order valence-corrected chi connectivity index (χ1v) is 12.0. The van der Waals surface area contributed by atoms with Gasteiger partial charge in [0.1, 0.15) is 11.6 Å². The van der Waals surface area contributed by atoms with Crippen LogP contribution in [0.25, 0.3) is 0 Å². The van der Waals surface area contributed by atoms with E-state index in [1.54, 1.807) is 47.2 Å². The number of halogens is 1. The molecule has 1 unspecified atom stereocenters. The van der Waals surface area contributed by atoms with Crippen LogP contribution in [0.4, 0.5) is 5.69 Å². The summed E-state index contributed by atoms with van der Waals surface area (Å²) in [5.74, 6) is -2.41. The average Bonchev–Trinajstić information content (AvgIpc) is 3.15. The average molecular weight is 486 g/mol. The molecule has 5 rings (SSSR count). The third-order valence-electron chi connectivity index (χ3n) is 7.51. The van der Waals surface area contributed by atoms with E-state index in [2.05, 4.69) is 0 Å². The number of amides is 3. The van der Waals surface area contributed by atoms with Gasteiger partial charge in [-0.2, -0.15) is 0 Å². The van der Waals surface area contributed by atoms with E-state index in [0.717, 1.165) is 0 Å². The highest BCUT2D eigenvalue weighted by molar-refractivity contribution is 6.30. The van der Waals surface area contributed by atoms with Gasteiger partial charge in [-0.15, -0.1) is 0 Å². The maximum Gasteiger partial charge on any atom is 0.253 e. The number of hydrogen-bond acceptors (Lipinski definition) is 5. The topological polar surface area (TPSA) is 90.4 Å². The van der Waals surface area contributed by atoms with Gasteiger partial charge in [0.25, 0.3) is 5.91 Å². The molecule has 1 aromatic rings. The first-order chi connectivity index (χ1) is 16.3. The lowest BCUT2D eigenvalue weighted by Crippen LogP contribution is -2.58. The summed E-state index contributed by atoms with van der Waals surface area (Å²) in [6.45, 7) is 2.29. The fraction of sp³-hybridized carbons (Fsp3) is 0.480. The maximum atomic E-state index is 14.1. The van der Waals surface area contributed by atoms with E-state index in [1.807, 2.05) is 25.2 Å². The predicted octanol–water partition coefficient (Wildman–Crippen LogP) is 1.62. The van der Waals surface area contributed by atoms with Crippen LogP contribution >= 0.6 is 11.6 Å². The van der Waals surface area contributed by atoms with Crippen molar-refractivity contribution in [2.24, 2.45) is 11.8 Å². The number of nitrogens with zero attached hydrogens (tertiary/aromatic N) is 3. The van der Waals surface area contributed by atoms with Crippen molar-refractivity contribution in [3.05, 3.63) is 53.6 Å². The largest absolute Gasteiger partial charge is 0.394 e. The Morgan fingerprint density at radius 3 is 2.53 bits per heavy atom. The molecular weight excluding hydrogens is 458 g/mol. The number of likely N-dealkylation sites (N-methyl/N-ethyl adjacent to an activating group) is 1. The molecule has 0 aromatic heterocycles. The van der Waals surface area contributed by atoms with Crippen molar-refractivity contribution in [2.45, 2.75) is 37.1 Å². The minimum atomic E-state index is -1.30. The Morgan fingerprint density at radius 2 is 1.85 bits per heavy atom. The van der Waals surface area contributed by atoms with Crippen molar-refractivity contribution in [1.29, 1.82) is 0 Å². The fourth-order valence-electron chi connectivity index (χ4n) is 5.86. The monoisotopic (exact) mass is 485 g/mol. The third-order valence-corrected chi connectivity index (χ3v) is 7.76. The predicted molar refractivity (Wildman–Crippen MR) is 126 cm³/mol. The second-order valence-electron chi connectivity index (χ2n) is 9.31. The second kappa shape index (κ2) is 8.52. The van der Waals surface area contributed by atoms with E-state index in [9.17, 15) is 19.5 Å². The molecule has 4 heterocycles. The van der Waals surface area contributed by atoms with E-state index >= 15 is 0 Å². The third kappa shape index (κ3) is 3.23. The molecule has 6 atom stereocenters. The van der Waals surface area contributed by atoms with E-state index in [0.29, 0.717) is 23.7 Å². The van der Waals surface area contributed by atoms with Gasteiger partial charge in [0.2, 0.25) is 11.8 Å². The van der Waals surface area contributed by atoms with E-state index in [4.69, 9.17) is 16.3 Å². The van der Waals surface area contributed by atoms with Gasteiger partial charge >= 0.3 is 0 Å². The van der Waals surface area contributed by atoms with Crippen LogP contribution < -0.4 is 4.90 Å². The molecule has 3 amide bonds. The van der Waals surface area contributed by atoms with E-state index < -0.39 is 35.6 Å². The summed E-state index contributed by atoms with van der Waals surface area (Å²) in [6.07, 6.45) is 7.18. The molecule has 2 fully saturated rings. The Bertz CT molecular complexity index is 1070. The summed E-state index contributed by atoms with van der Waals surface area (Å²) in [6, 6.07) is 5.36. The minimum Gasteiger partial charge on any atom is -0.394 e. The highest BCUT2D eigenvalue weighted by Gasteiger charge is 2.72. The summed E-state index contributed by atoms with van der Waals surface area (Å²) in [5, 5.41) is 10.7. The Kier molecular flexibility index (Phi) is 5.78. The number of anilines is 1. The van der Waals surface area contributed by atoms with Gasteiger partial charge in [0.15, 0.2) is 0 Å². The molecule has 1 N–H and O–H groups in total. The lowest BCUT2D eigenvalue weighted by molar-refractivity contribution is -0.146. The first kappa shape index (κ1) is 23.1. The standard InChI is InChI=1S/C25H28ClN3O5/c1-3-16(14-30)29-21-24(33)28(17-9-7-15(26)8-10-17)13-5-11-25(21)20(23(29)32)19-18(34-25)6-4-12-27(2)22(19)31/h4-11,16,18-21,30H,3,12-14H2,1-2H3/t16-,18-,19+,20-,21?,25-/m0/s1. The van der Waals surface area contributed by atoms with Crippen LogP contribution in [0.1, 0.15) is 13.3 Å². The number of carbonyl (C=O) groups excluding carboxylic acids is 3. The number of aliphatic hydroxyl groups is 1. The molecule has 34 heavy (non-hydrogen) atoms. The SMILES string of the molecule is CC[C@@H](CO)N1C(=O)[C@@H]2[C@@H]3C(=O)N(C)CC=C[C@@H]3O[C@@]23C=CCN(c2ccc(Cl)cc2)C(=O)C13. The quantitative estimate of drug-likeness (QED) is 0.654. The number of aliphatic hydroxyl groups excluding tert-OH is 1. The zero-order chi connectivity index (χ0) is 24.2. The van der Waals surface area contributed by atoms with Crippen molar-refractivity contribution in [1.82, 2.24) is 9.80 Å². The minimum absolute atomic E-state index is 0.178. The van der Waals surface area contributed by atoms with Gasteiger partial charge < -0.3 is 24.5 Å². The fourth-order valence-corrected chi connectivity index (χ4v) is 5.99. The van der Waals surface area contributed by atoms with Gasteiger partial charge in [0, 0.05) is 30.8 Å².